The first-order chi connectivity index (χ1) is 13.9. The van der Waals surface area contributed by atoms with Crippen molar-refractivity contribution in [2.24, 2.45) is 0 Å². The summed E-state index contributed by atoms with van der Waals surface area (Å²) in [7, 11) is 0. The molecule has 2 rings (SSSR count). The molecule has 150 valence electrons. The van der Waals surface area contributed by atoms with Crippen LogP contribution in [0, 0.1) is 10.1 Å². The van der Waals surface area contributed by atoms with Gasteiger partial charge in [0.15, 0.2) is 6.61 Å². The number of esters is 2. The number of carbonyl (C=O) groups excluding carboxylic acids is 3. The van der Waals surface area contributed by atoms with Crippen molar-refractivity contribution in [3.8, 4) is 0 Å². The van der Waals surface area contributed by atoms with Gasteiger partial charge in [-0.2, -0.15) is 0 Å². The van der Waals surface area contributed by atoms with Crippen LogP contribution in [0.3, 0.4) is 0 Å². The molecule has 0 unspecified atom stereocenters. The fourth-order valence-electron chi connectivity index (χ4n) is 2.19. The lowest BCUT2D eigenvalue weighted by Crippen LogP contribution is -2.20. The monoisotopic (exact) mass is 398 g/mol. The number of rotatable bonds is 8. The molecule has 0 aliphatic heterocycles. The second kappa shape index (κ2) is 10.4. The molecule has 2 aromatic rings. The molecule has 2 aromatic carbocycles. The highest BCUT2D eigenvalue weighted by molar-refractivity contribution is 5.95. The Labute approximate surface area is 166 Å². The zero-order valence-corrected chi connectivity index (χ0v) is 15.5. The minimum atomic E-state index is -0.774. The smallest absolute Gasteiger partial charge is 0.338 e. The Hall–Kier alpha value is -4.01. The predicted octanol–water partition coefficient (Wildman–Crippen LogP) is 2.97. The maximum absolute atomic E-state index is 11.9. The van der Waals surface area contributed by atoms with E-state index in [0.717, 1.165) is 6.08 Å². The molecule has 0 aliphatic carbocycles. The Morgan fingerprint density at radius 3 is 2.48 bits per heavy atom. The molecule has 9 heteroatoms. The molecule has 0 aliphatic rings. The van der Waals surface area contributed by atoms with Gasteiger partial charge in [0.2, 0.25) is 0 Å². The molecule has 0 aromatic heterocycles. The lowest BCUT2D eigenvalue weighted by Gasteiger charge is -2.06. The van der Waals surface area contributed by atoms with Gasteiger partial charge in [-0.25, -0.2) is 9.59 Å². The van der Waals surface area contributed by atoms with Gasteiger partial charge in [-0.1, -0.05) is 12.1 Å². The quantitative estimate of drug-likeness (QED) is 0.314. The molecule has 0 fully saturated rings. The molecular weight excluding hydrogens is 380 g/mol. The lowest BCUT2D eigenvalue weighted by atomic mass is 10.2. The summed E-state index contributed by atoms with van der Waals surface area (Å²) >= 11 is 0. The molecule has 0 spiro atoms. The number of non-ortho nitro benzene ring substituents is 1. The summed E-state index contributed by atoms with van der Waals surface area (Å²) in [5.41, 5.74) is 1.12. The first-order valence-corrected chi connectivity index (χ1v) is 8.55. The Bertz CT molecular complexity index is 936. The molecule has 9 nitrogen and oxygen atoms in total. The van der Waals surface area contributed by atoms with Gasteiger partial charge in [-0.05, 0) is 42.8 Å². The standard InChI is InChI=1S/C20H18N2O7/c1-2-28-20(25)15-7-9-16(10-8-15)21-18(23)13-29-19(24)11-6-14-4-3-5-17(12-14)22(26)27/h3-12H,2,13H2,1H3,(H,21,23)/b11-6+. The van der Waals surface area contributed by atoms with E-state index < -0.39 is 29.4 Å². The average molecular weight is 398 g/mol. The minimum Gasteiger partial charge on any atom is -0.462 e. The van der Waals surface area contributed by atoms with Crippen LogP contribution in [0.2, 0.25) is 0 Å². The van der Waals surface area contributed by atoms with Gasteiger partial charge in [0, 0.05) is 23.9 Å². The van der Waals surface area contributed by atoms with Gasteiger partial charge < -0.3 is 14.8 Å². The fourth-order valence-corrected chi connectivity index (χ4v) is 2.19. The van der Waals surface area contributed by atoms with Crippen LogP contribution >= 0.6 is 0 Å². The number of nitrogens with one attached hydrogen (secondary N) is 1. The highest BCUT2D eigenvalue weighted by Crippen LogP contribution is 2.14. The van der Waals surface area contributed by atoms with Crippen molar-refractivity contribution in [3.05, 3.63) is 75.8 Å². The van der Waals surface area contributed by atoms with Crippen molar-refractivity contribution in [1.82, 2.24) is 0 Å². The number of hydrogen-bond donors (Lipinski definition) is 1. The summed E-state index contributed by atoms with van der Waals surface area (Å²) in [6, 6.07) is 11.8. The number of amides is 1. The summed E-state index contributed by atoms with van der Waals surface area (Å²) in [6.45, 7) is 1.45. The summed E-state index contributed by atoms with van der Waals surface area (Å²) in [4.78, 5) is 45.3. The number of nitro groups is 1. The number of ether oxygens (including phenoxy) is 2. The SMILES string of the molecule is CCOC(=O)c1ccc(NC(=O)COC(=O)/C=C/c2cccc([N+](=O)[O-])c2)cc1. The van der Waals surface area contributed by atoms with E-state index in [0.29, 0.717) is 16.8 Å². The van der Waals surface area contributed by atoms with E-state index in [1.807, 2.05) is 0 Å². The van der Waals surface area contributed by atoms with Crippen LogP contribution in [0.5, 0.6) is 0 Å². The minimum absolute atomic E-state index is 0.103. The van der Waals surface area contributed by atoms with Crippen LogP contribution in [0.15, 0.2) is 54.6 Å². The third-order valence-electron chi connectivity index (χ3n) is 3.52. The van der Waals surface area contributed by atoms with Crippen molar-refractivity contribution in [3.63, 3.8) is 0 Å². The van der Waals surface area contributed by atoms with Crippen LogP contribution in [-0.2, 0) is 19.1 Å². The first-order valence-electron chi connectivity index (χ1n) is 8.55. The number of nitrogens with zero attached hydrogens (tertiary/aromatic N) is 1. The molecule has 1 amide bonds. The van der Waals surface area contributed by atoms with Crippen LogP contribution in [0.1, 0.15) is 22.8 Å². The van der Waals surface area contributed by atoms with Gasteiger partial charge in [0.25, 0.3) is 11.6 Å². The highest BCUT2D eigenvalue weighted by atomic mass is 16.6. The summed E-state index contributed by atoms with van der Waals surface area (Å²) in [5.74, 6) is -1.80. The number of hydrogen-bond acceptors (Lipinski definition) is 7. The number of benzene rings is 2. The molecule has 29 heavy (non-hydrogen) atoms. The predicted molar refractivity (Wildman–Crippen MR) is 104 cm³/mol. The van der Waals surface area contributed by atoms with Crippen LogP contribution in [0.4, 0.5) is 11.4 Å². The summed E-state index contributed by atoms with van der Waals surface area (Å²) < 4.78 is 9.69. The summed E-state index contributed by atoms with van der Waals surface area (Å²) in [5, 5.41) is 13.2. The Morgan fingerprint density at radius 2 is 1.83 bits per heavy atom. The van der Waals surface area contributed by atoms with Gasteiger partial charge in [0.05, 0.1) is 17.1 Å². The first kappa shape index (κ1) is 21.3. The van der Waals surface area contributed by atoms with Crippen LogP contribution in [-0.4, -0.2) is 36.0 Å². The van der Waals surface area contributed by atoms with Gasteiger partial charge in [-0.15, -0.1) is 0 Å². The van der Waals surface area contributed by atoms with Crippen LogP contribution in [0.25, 0.3) is 6.08 Å². The molecule has 0 heterocycles. The van der Waals surface area contributed by atoms with Gasteiger partial charge in [0.1, 0.15) is 0 Å². The third-order valence-corrected chi connectivity index (χ3v) is 3.52. The van der Waals surface area contributed by atoms with E-state index in [1.54, 1.807) is 13.0 Å². The molecule has 0 saturated carbocycles. The van der Waals surface area contributed by atoms with E-state index in [-0.39, 0.29) is 12.3 Å². The fraction of sp³-hybridized carbons (Fsp3) is 0.150. The number of carbonyl (C=O) groups is 3. The molecule has 0 atom stereocenters. The van der Waals surface area contributed by atoms with Gasteiger partial charge in [-0.3, -0.25) is 14.9 Å². The van der Waals surface area contributed by atoms with Crippen molar-refractivity contribution >= 4 is 35.3 Å². The molecule has 0 radical (unpaired) electrons. The molecule has 0 bridgehead atoms. The zero-order chi connectivity index (χ0) is 21.2. The van der Waals surface area contributed by atoms with E-state index in [1.165, 1.54) is 48.5 Å². The normalized spacial score (nSPS) is 10.4. The Kier molecular flexibility index (Phi) is 7.60. The third kappa shape index (κ3) is 6.90. The van der Waals surface area contributed by atoms with Crippen LogP contribution < -0.4 is 5.32 Å². The van der Waals surface area contributed by atoms with Gasteiger partial charge >= 0.3 is 11.9 Å². The number of nitro benzene ring substituents is 1. The maximum Gasteiger partial charge on any atom is 0.338 e. The largest absolute Gasteiger partial charge is 0.462 e. The summed E-state index contributed by atoms with van der Waals surface area (Å²) in [6.07, 6.45) is 2.42. The lowest BCUT2D eigenvalue weighted by molar-refractivity contribution is -0.384. The molecular formula is C20H18N2O7. The Balaban J connectivity index is 1.82. The highest BCUT2D eigenvalue weighted by Gasteiger charge is 2.09. The second-order valence-electron chi connectivity index (χ2n) is 5.64. The van der Waals surface area contributed by atoms with Crippen molar-refractivity contribution < 1.29 is 28.8 Å². The van der Waals surface area contributed by atoms with Crippen molar-refractivity contribution in [1.29, 1.82) is 0 Å². The van der Waals surface area contributed by atoms with E-state index in [9.17, 15) is 24.5 Å². The van der Waals surface area contributed by atoms with E-state index >= 15 is 0 Å². The Morgan fingerprint density at radius 1 is 1.10 bits per heavy atom. The average Bonchev–Trinajstić information content (AvgIpc) is 2.71. The zero-order valence-electron chi connectivity index (χ0n) is 15.5. The van der Waals surface area contributed by atoms with Crippen molar-refractivity contribution in [2.75, 3.05) is 18.5 Å². The maximum atomic E-state index is 11.9. The topological polar surface area (TPSA) is 125 Å². The van der Waals surface area contributed by atoms with E-state index in [2.05, 4.69) is 5.32 Å². The molecule has 1 N–H and O–H groups in total. The van der Waals surface area contributed by atoms with Crippen molar-refractivity contribution in [2.45, 2.75) is 6.92 Å². The number of anilines is 1. The second-order valence-corrected chi connectivity index (χ2v) is 5.64. The molecule has 0 saturated heterocycles. The van der Waals surface area contributed by atoms with E-state index in [4.69, 9.17) is 9.47 Å².